The Kier molecular flexibility index (Phi) is 4.32. The van der Waals surface area contributed by atoms with E-state index in [1.807, 2.05) is 0 Å². The van der Waals surface area contributed by atoms with Crippen LogP contribution in [0.1, 0.15) is 51.8 Å². The number of hydrogen-bond donors (Lipinski definition) is 1. The maximum atomic E-state index is 6.20. The fourth-order valence-corrected chi connectivity index (χ4v) is 2.45. The van der Waals surface area contributed by atoms with Gasteiger partial charge in [-0.3, -0.25) is 0 Å². The minimum Gasteiger partial charge on any atom is -0.367 e. The third-order valence-electron chi connectivity index (χ3n) is 3.91. The van der Waals surface area contributed by atoms with Crippen LogP contribution in [0.5, 0.6) is 0 Å². The smallest absolute Gasteiger partial charge is 0.0953 e. The molecule has 0 spiro atoms. The molecule has 2 nitrogen and oxygen atoms in total. The summed E-state index contributed by atoms with van der Waals surface area (Å²) in [5, 5.41) is 3.48. The van der Waals surface area contributed by atoms with Crippen LogP contribution >= 0.6 is 0 Å². The number of rotatable bonds is 2. The summed E-state index contributed by atoms with van der Waals surface area (Å²) in [5.41, 5.74) is 2.87. The Morgan fingerprint density at radius 3 is 2.26 bits per heavy atom. The molecule has 1 saturated heterocycles. The molecule has 0 aliphatic carbocycles. The van der Waals surface area contributed by atoms with Gasteiger partial charge in [-0.15, -0.1) is 0 Å². The lowest BCUT2D eigenvalue weighted by molar-refractivity contribution is -0.0603. The molecule has 0 bridgehead atoms. The summed E-state index contributed by atoms with van der Waals surface area (Å²) < 4.78 is 6.20. The van der Waals surface area contributed by atoms with Crippen molar-refractivity contribution in [1.82, 2.24) is 5.32 Å². The van der Waals surface area contributed by atoms with Crippen LogP contribution in [0.25, 0.3) is 0 Å². The number of benzene rings is 1. The molecular formula is C17H27NO. The fraction of sp³-hybridized carbons (Fsp3) is 0.647. The molecule has 2 unspecified atom stereocenters. The summed E-state index contributed by atoms with van der Waals surface area (Å²) in [6.07, 6.45) is 0.510. The minimum absolute atomic E-state index is 0.190. The van der Waals surface area contributed by atoms with Crippen molar-refractivity contribution >= 4 is 0 Å². The Balaban J connectivity index is 2.10. The molecule has 1 heterocycles. The first-order chi connectivity index (χ1) is 8.88. The van der Waals surface area contributed by atoms with Crippen LogP contribution in [0.3, 0.4) is 0 Å². The maximum absolute atomic E-state index is 6.20. The second-order valence-corrected chi connectivity index (χ2v) is 6.94. The van der Waals surface area contributed by atoms with Crippen LogP contribution in [0.2, 0.25) is 0 Å². The highest BCUT2D eigenvalue weighted by atomic mass is 16.5. The van der Waals surface area contributed by atoms with Gasteiger partial charge >= 0.3 is 0 Å². The molecule has 1 aliphatic rings. The van der Waals surface area contributed by atoms with Gasteiger partial charge in [-0.05, 0) is 22.5 Å². The zero-order valence-corrected chi connectivity index (χ0v) is 12.9. The Bertz CT molecular complexity index is 402. The number of morpholine rings is 1. The molecule has 0 aromatic heterocycles. The molecule has 1 fully saturated rings. The van der Waals surface area contributed by atoms with E-state index in [4.69, 9.17) is 4.74 Å². The van der Waals surface area contributed by atoms with Gasteiger partial charge in [0.05, 0.1) is 12.2 Å². The van der Waals surface area contributed by atoms with Gasteiger partial charge in [-0.1, -0.05) is 58.9 Å². The third-order valence-corrected chi connectivity index (χ3v) is 3.91. The molecule has 1 aromatic rings. The van der Waals surface area contributed by atoms with Gasteiger partial charge in [-0.2, -0.15) is 0 Å². The first-order valence-electron chi connectivity index (χ1n) is 7.34. The van der Waals surface area contributed by atoms with Gasteiger partial charge in [0.2, 0.25) is 0 Å². The third kappa shape index (κ3) is 3.58. The molecule has 2 heteroatoms. The normalized spacial score (nSPS) is 24.7. The lowest BCUT2D eigenvalue weighted by Gasteiger charge is -2.33. The fourth-order valence-electron chi connectivity index (χ4n) is 2.45. The van der Waals surface area contributed by atoms with E-state index in [-0.39, 0.29) is 11.5 Å². The summed E-state index contributed by atoms with van der Waals surface area (Å²) in [6.45, 7) is 13.1. The molecule has 2 atom stereocenters. The van der Waals surface area contributed by atoms with Crippen LogP contribution in [0, 0.1) is 5.92 Å². The topological polar surface area (TPSA) is 21.3 Å². The van der Waals surface area contributed by atoms with E-state index in [2.05, 4.69) is 64.2 Å². The van der Waals surface area contributed by atoms with Crippen LogP contribution in [-0.4, -0.2) is 19.2 Å². The van der Waals surface area contributed by atoms with Crippen LogP contribution in [0.4, 0.5) is 0 Å². The summed E-state index contributed by atoms with van der Waals surface area (Å²) >= 11 is 0. The molecule has 1 N–H and O–H groups in total. The van der Waals surface area contributed by atoms with Crippen molar-refractivity contribution in [2.45, 2.75) is 52.2 Å². The molecule has 1 aliphatic heterocycles. The maximum Gasteiger partial charge on any atom is 0.0953 e. The van der Waals surface area contributed by atoms with Crippen molar-refractivity contribution in [2.75, 3.05) is 13.1 Å². The van der Waals surface area contributed by atoms with E-state index in [1.54, 1.807) is 0 Å². The van der Waals surface area contributed by atoms with Gasteiger partial charge in [-0.25, -0.2) is 0 Å². The van der Waals surface area contributed by atoms with Crippen molar-refractivity contribution in [3.05, 3.63) is 35.4 Å². The quantitative estimate of drug-likeness (QED) is 0.877. The van der Waals surface area contributed by atoms with Crippen LogP contribution < -0.4 is 5.32 Å². The molecule has 0 amide bonds. The lowest BCUT2D eigenvalue weighted by atomic mass is 9.86. The van der Waals surface area contributed by atoms with Gasteiger partial charge < -0.3 is 10.1 Å². The van der Waals surface area contributed by atoms with E-state index in [0.717, 1.165) is 13.1 Å². The van der Waals surface area contributed by atoms with Crippen molar-refractivity contribution in [3.8, 4) is 0 Å². The molecule has 2 rings (SSSR count). The number of ether oxygens (including phenoxy) is 1. The van der Waals surface area contributed by atoms with Gasteiger partial charge in [0.25, 0.3) is 0 Å². The Hall–Kier alpha value is -0.860. The predicted molar refractivity (Wildman–Crippen MR) is 80.5 cm³/mol. The molecule has 0 radical (unpaired) electrons. The summed E-state index contributed by atoms with van der Waals surface area (Å²) in [7, 11) is 0. The van der Waals surface area contributed by atoms with E-state index in [1.165, 1.54) is 11.1 Å². The molecule has 1 aromatic carbocycles. The first kappa shape index (κ1) is 14.5. The zero-order valence-electron chi connectivity index (χ0n) is 12.9. The second kappa shape index (κ2) is 5.64. The highest BCUT2D eigenvalue weighted by Gasteiger charge is 2.25. The van der Waals surface area contributed by atoms with Crippen molar-refractivity contribution in [2.24, 2.45) is 5.92 Å². The highest BCUT2D eigenvalue weighted by Crippen LogP contribution is 2.27. The predicted octanol–water partition coefficient (Wildman–Crippen LogP) is 3.67. The molecule has 19 heavy (non-hydrogen) atoms. The minimum atomic E-state index is 0.190. The monoisotopic (exact) mass is 261 g/mol. The molecular weight excluding hydrogens is 234 g/mol. The van der Waals surface area contributed by atoms with Gasteiger partial charge in [0, 0.05) is 13.1 Å². The Morgan fingerprint density at radius 2 is 1.74 bits per heavy atom. The van der Waals surface area contributed by atoms with Gasteiger partial charge in [0.1, 0.15) is 0 Å². The first-order valence-corrected chi connectivity index (χ1v) is 7.34. The number of hydrogen-bond acceptors (Lipinski definition) is 2. The molecule has 106 valence electrons. The van der Waals surface area contributed by atoms with Crippen LogP contribution in [0.15, 0.2) is 24.3 Å². The van der Waals surface area contributed by atoms with E-state index in [9.17, 15) is 0 Å². The summed E-state index contributed by atoms with van der Waals surface area (Å²) in [5.74, 6) is 0.559. The highest BCUT2D eigenvalue weighted by molar-refractivity contribution is 5.29. The van der Waals surface area contributed by atoms with Crippen LogP contribution in [-0.2, 0) is 10.2 Å². The van der Waals surface area contributed by atoms with Crippen molar-refractivity contribution in [3.63, 3.8) is 0 Å². The average Bonchev–Trinajstić information content (AvgIpc) is 2.38. The molecule has 0 saturated carbocycles. The summed E-state index contributed by atoms with van der Waals surface area (Å²) in [4.78, 5) is 0. The van der Waals surface area contributed by atoms with E-state index < -0.39 is 0 Å². The van der Waals surface area contributed by atoms with Crippen molar-refractivity contribution in [1.29, 1.82) is 0 Å². The van der Waals surface area contributed by atoms with Crippen molar-refractivity contribution < 1.29 is 4.74 Å². The van der Waals surface area contributed by atoms with Gasteiger partial charge in [0.15, 0.2) is 0 Å². The van der Waals surface area contributed by atoms with E-state index in [0.29, 0.717) is 12.0 Å². The summed E-state index contributed by atoms with van der Waals surface area (Å²) in [6, 6.07) is 8.90. The lowest BCUT2D eigenvalue weighted by Crippen LogP contribution is -2.43. The Labute approximate surface area is 117 Å². The largest absolute Gasteiger partial charge is 0.367 e. The van der Waals surface area contributed by atoms with E-state index >= 15 is 0 Å². The second-order valence-electron chi connectivity index (χ2n) is 6.94. The standard InChI is InChI=1S/C17H27NO/c1-12(2)15-10-18-11-16(19-15)13-6-8-14(9-7-13)17(3,4)5/h6-9,12,15-16,18H,10-11H2,1-5H3. The average molecular weight is 261 g/mol. The zero-order chi connectivity index (χ0) is 14.0. The Morgan fingerprint density at radius 1 is 1.11 bits per heavy atom. The SMILES string of the molecule is CC(C)C1CNCC(c2ccc(C(C)(C)C)cc2)O1. The number of nitrogens with one attached hydrogen (secondary N) is 1.